The van der Waals surface area contributed by atoms with Crippen LogP contribution in [-0.2, 0) is 9.53 Å². The van der Waals surface area contributed by atoms with Crippen LogP contribution < -0.4 is 15.5 Å². The van der Waals surface area contributed by atoms with Crippen LogP contribution >= 0.6 is 0 Å². The number of nitrogens with one attached hydrogen (secondary N) is 2. The van der Waals surface area contributed by atoms with Crippen LogP contribution in [0.3, 0.4) is 0 Å². The molecular formula is C16H23N3O2. The van der Waals surface area contributed by atoms with E-state index in [1.165, 1.54) is 0 Å². The smallest absolute Gasteiger partial charge is 0.246 e. The van der Waals surface area contributed by atoms with E-state index in [9.17, 15) is 4.79 Å². The Morgan fingerprint density at radius 1 is 1.38 bits per heavy atom. The second-order valence-corrected chi connectivity index (χ2v) is 5.71. The van der Waals surface area contributed by atoms with Crippen molar-refractivity contribution in [2.24, 2.45) is 0 Å². The number of ether oxygens (including phenoxy) is 1. The van der Waals surface area contributed by atoms with Gasteiger partial charge >= 0.3 is 0 Å². The number of carbonyl (C=O) groups excluding carboxylic acids is 1. The van der Waals surface area contributed by atoms with Crippen LogP contribution in [0.4, 0.5) is 11.4 Å². The van der Waals surface area contributed by atoms with Gasteiger partial charge < -0.3 is 20.3 Å². The summed E-state index contributed by atoms with van der Waals surface area (Å²) in [6.45, 7) is 4.46. The molecule has 1 aromatic rings. The van der Waals surface area contributed by atoms with Crippen molar-refractivity contribution in [2.45, 2.75) is 31.8 Å². The van der Waals surface area contributed by atoms with Crippen LogP contribution in [-0.4, -0.2) is 38.8 Å². The minimum absolute atomic E-state index is 0.0396. The lowest BCUT2D eigenvalue weighted by Gasteiger charge is -2.33. The van der Waals surface area contributed by atoms with Gasteiger partial charge in [0, 0.05) is 43.2 Å². The molecule has 0 saturated carbocycles. The first-order valence-corrected chi connectivity index (χ1v) is 7.69. The topological polar surface area (TPSA) is 53.6 Å². The van der Waals surface area contributed by atoms with Crippen LogP contribution in [0.5, 0.6) is 0 Å². The summed E-state index contributed by atoms with van der Waals surface area (Å²) in [7, 11) is 2.12. The maximum atomic E-state index is 12.0. The number of anilines is 2. The first kappa shape index (κ1) is 14.4. The Morgan fingerprint density at radius 2 is 2.14 bits per heavy atom. The highest BCUT2D eigenvalue weighted by Gasteiger charge is 2.30. The summed E-state index contributed by atoms with van der Waals surface area (Å²) in [6, 6.07) is 6.55. The molecule has 2 aliphatic rings. The first-order valence-electron chi connectivity index (χ1n) is 7.69. The standard InChI is InChI=1S/C16H23N3O2/c1-3-17-15-13-5-4-12(10-14(13)18-16(15)20)19(2)11-6-8-21-9-7-11/h4-5,10-11,15,17H,3,6-9H2,1-2H3,(H,18,20). The maximum absolute atomic E-state index is 12.0. The zero-order valence-electron chi connectivity index (χ0n) is 12.7. The molecule has 1 unspecified atom stereocenters. The van der Waals surface area contributed by atoms with E-state index < -0.39 is 0 Å². The molecule has 0 aliphatic carbocycles. The summed E-state index contributed by atoms with van der Waals surface area (Å²) in [5.41, 5.74) is 3.13. The van der Waals surface area contributed by atoms with Gasteiger partial charge in [-0.1, -0.05) is 13.0 Å². The summed E-state index contributed by atoms with van der Waals surface area (Å²) >= 11 is 0. The maximum Gasteiger partial charge on any atom is 0.246 e. The molecule has 2 N–H and O–H groups in total. The predicted molar refractivity (Wildman–Crippen MR) is 83.7 cm³/mol. The third kappa shape index (κ3) is 2.76. The van der Waals surface area contributed by atoms with Crippen molar-refractivity contribution in [3.63, 3.8) is 0 Å². The molecule has 21 heavy (non-hydrogen) atoms. The van der Waals surface area contributed by atoms with E-state index in [1.54, 1.807) is 0 Å². The Kier molecular flexibility index (Phi) is 4.12. The second-order valence-electron chi connectivity index (χ2n) is 5.71. The molecule has 0 spiro atoms. The number of fused-ring (bicyclic) bond motifs is 1. The summed E-state index contributed by atoms with van der Waals surface area (Å²) in [5, 5.41) is 6.20. The molecule has 5 nitrogen and oxygen atoms in total. The highest BCUT2D eigenvalue weighted by molar-refractivity contribution is 6.03. The Hall–Kier alpha value is -1.59. The number of benzene rings is 1. The van der Waals surface area contributed by atoms with E-state index >= 15 is 0 Å². The fourth-order valence-electron chi connectivity index (χ4n) is 3.16. The highest BCUT2D eigenvalue weighted by atomic mass is 16.5. The van der Waals surface area contributed by atoms with Crippen LogP contribution in [0.1, 0.15) is 31.4 Å². The largest absolute Gasteiger partial charge is 0.381 e. The molecule has 114 valence electrons. The number of nitrogens with zero attached hydrogens (tertiary/aromatic N) is 1. The average molecular weight is 289 g/mol. The number of amides is 1. The van der Waals surface area contributed by atoms with Gasteiger partial charge in [-0.3, -0.25) is 4.79 Å². The Balaban J connectivity index is 1.80. The molecule has 1 saturated heterocycles. The van der Waals surface area contributed by atoms with Gasteiger partial charge in [-0.25, -0.2) is 0 Å². The van der Waals surface area contributed by atoms with Crippen molar-refractivity contribution in [1.29, 1.82) is 0 Å². The van der Waals surface area contributed by atoms with Gasteiger partial charge in [-0.05, 0) is 31.5 Å². The van der Waals surface area contributed by atoms with E-state index in [2.05, 4.69) is 40.8 Å². The van der Waals surface area contributed by atoms with E-state index in [1.807, 2.05) is 6.92 Å². The molecule has 1 amide bonds. The van der Waals surface area contributed by atoms with Gasteiger partial charge in [-0.15, -0.1) is 0 Å². The summed E-state index contributed by atoms with van der Waals surface area (Å²) in [4.78, 5) is 14.3. The van der Waals surface area contributed by atoms with Crippen molar-refractivity contribution in [3.05, 3.63) is 23.8 Å². The molecule has 0 aromatic heterocycles. The molecule has 1 aromatic carbocycles. The van der Waals surface area contributed by atoms with Crippen LogP contribution in [0, 0.1) is 0 Å². The monoisotopic (exact) mass is 289 g/mol. The number of carbonyl (C=O) groups is 1. The molecule has 5 heteroatoms. The Bertz CT molecular complexity index is 526. The highest BCUT2D eigenvalue weighted by Crippen LogP contribution is 2.34. The summed E-state index contributed by atoms with van der Waals surface area (Å²) < 4.78 is 5.42. The molecule has 1 atom stereocenters. The van der Waals surface area contributed by atoms with E-state index in [0.29, 0.717) is 6.04 Å². The van der Waals surface area contributed by atoms with E-state index in [4.69, 9.17) is 4.74 Å². The van der Waals surface area contributed by atoms with Gasteiger partial charge in [0.1, 0.15) is 6.04 Å². The fourth-order valence-corrected chi connectivity index (χ4v) is 3.16. The summed E-state index contributed by atoms with van der Waals surface area (Å²) in [6.07, 6.45) is 2.11. The average Bonchev–Trinajstić information content (AvgIpc) is 2.83. The molecule has 0 bridgehead atoms. The van der Waals surface area contributed by atoms with Crippen LogP contribution in [0.2, 0.25) is 0 Å². The van der Waals surface area contributed by atoms with Crippen molar-refractivity contribution in [1.82, 2.24) is 5.32 Å². The van der Waals surface area contributed by atoms with Gasteiger partial charge in [0.15, 0.2) is 0 Å². The number of hydrogen-bond donors (Lipinski definition) is 2. The lowest BCUT2D eigenvalue weighted by atomic mass is 10.0. The molecule has 1 fully saturated rings. The third-order valence-electron chi connectivity index (χ3n) is 4.42. The van der Waals surface area contributed by atoms with Crippen molar-refractivity contribution in [2.75, 3.05) is 37.0 Å². The van der Waals surface area contributed by atoms with Gasteiger partial charge in [0.2, 0.25) is 5.91 Å². The second kappa shape index (κ2) is 6.03. The SMILES string of the molecule is CCNC1C(=O)Nc2cc(N(C)C3CCOCC3)ccc21. The van der Waals surface area contributed by atoms with Gasteiger partial charge in [0.25, 0.3) is 0 Å². The first-order chi connectivity index (χ1) is 10.2. The molecular weight excluding hydrogens is 266 g/mol. The quantitative estimate of drug-likeness (QED) is 0.889. The zero-order valence-corrected chi connectivity index (χ0v) is 12.7. The Morgan fingerprint density at radius 3 is 2.86 bits per heavy atom. The van der Waals surface area contributed by atoms with Crippen molar-refractivity contribution >= 4 is 17.3 Å². The third-order valence-corrected chi connectivity index (χ3v) is 4.42. The minimum Gasteiger partial charge on any atom is -0.381 e. The van der Waals surface area contributed by atoms with Crippen LogP contribution in [0.25, 0.3) is 0 Å². The lowest BCUT2D eigenvalue weighted by Crippen LogP contribution is -2.36. The van der Waals surface area contributed by atoms with Crippen molar-refractivity contribution in [3.8, 4) is 0 Å². The normalized spacial score (nSPS) is 22.0. The lowest BCUT2D eigenvalue weighted by molar-refractivity contribution is -0.117. The zero-order chi connectivity index (χ0) is 14.8. The predicted octanol–water partition coefficient (Wildman–Crippen LogP) is 1.90. The Labute approximate surface area is 125 Å². The number of likely N-dealkylation sites (N-methyl/N-ethyl adjacent to an activating group) is 1. The minimum atomic E-state index is -0.215. The number of hydrogen-bond acceptors (Lipinski definition) is 4. The molecule has 2 heterocycles. The fraction of sp³-hybridized carbons (Fsp3) is 0.562. The molecule has 2 aliphatic heterocycles. The molecule has 3 rings (SSSR count). The van der Waals surface area contributed by atoms with E-state index in [-0.39, 0.29) is 11.9 Å². The van der Waals surface area contributed by atoms with Gasteiger partial charge in [0.05, 0.1) is 0 Å². The van der Waals surface area contributed by atoms with E-state index in [0.717, 1.165) is 49.5 Å². The van der Waals surface area contributed by atoms with Gasteiger partial charge in [-0.2, -0.15) is 0 Å². The number of rotatable bonds is 4. The van der Waals surface area contributed by atoms with Crippen molar-refractivity contribution < 1.29 is 9.53 Å². The molecule has 0 radical (unpaired) electrons. The van der Waals surface area contributed by atoms with Crippen LogP contribution in [0.15, 0.2) is 18.2 Å². The summed E-state index contributed by atoms with van der Waals surface area (Å²) in [5.74, 6) is 0.0396.